The molecule has 1 aliphatic rings. The number of rotatable bonds is 10. The zero-order valence-corrected chi connectivity index (χ0v) is 22.0. The van der Waals surface area contributed by atoms with Gasteiger partial charge in [-0.1, -0.05) is 40.5 Å². The van der Waals surface area contributed by atoms with Crippen molar-refractivity contribution in [2.24, 2.45) is 5.16 Å². The van der Waals surface area contributed by atoms with E-state index in [0.29, 0.717) is 18.4 Å². The molecule has 1 aliphatic carbocycles. The van der Waals surface area contributed by atoms with Gasteiger partial charge in [-0.15, -0.1) is 0 Å². The molecule has 37 heavy (non-hydrogen) atoms. The molecular formula is C26H27Cl2F3N2O4. The van der Waals surface area contributed by atoms with Crippen LogP contribution in [-0.2, 0) is 25.5 Å². The van der Waals surface area contributed by atoms with Crippen LogP contribution < -0.4 is 5.32 Å². The number of hydrogen-bond acceptors (Lipinski definition) is 5. The predicted octanol–water partition coefficient (Wildman–Crippen LogP) is 6.49. The maximum Gasteiger partial charge on any atom is 0.417 e. The minimum atomic E-state index is -4.73. The van der Waals surface area contributed by atoms with E-state index in [4.69, 9.17) is 37.5 Å². The number of nitrogens with zero attached hydrogens (tertiary/aromatic N) is 1. The van der Waals surface area contributed by atoms with Gasteiger partial charge < -0.3 is 19.6 Å². The Kier molecular flexibility index (Phi) is 10.0. The third-order valence-electron chi connectivity index (χ3n) is 5.82. The first-order valence-electron chi connectivity index (χ1n) is 11.4. The summed E-state index contributed by atoms with van der Waals surface area (Å²) in [6, 6.07) is 8.70. The van der Waals surface area contributed by atoms with Gasteiger partial charge in [0.2, 0.25) is 12.7 Å². The van der Waals surface area contributed by atoms with Crippen molar-refractivity contribution in [2.45, 2.75) is 44.5 Å². The van der Waals surface area contributed by atoms with E-state index in [9.17, 15) is 18.0 Å². The van der Waals surface area contributed by atoms with Crippen LogP contribution >= 0.6 is 23.2 Å². The Morgan fingerprint density at radius 3 is 2.49 bits per heavy atom. The monoisotopic (exact) mass is 558 g/mol. The second kappa shape index (κ2) is 12.8. The molecule has 0 heterocycles. The van der Waals surface area contributed by atoms with Crippen LogP contribution in [0.4, 0.5) is 13.2 Å². The van der Waals surface area contributed by atoms with Crippen LogP contribution in [0.5, 0.6) is 0 Å². The van der Waals surface area contributed by atoms with Gasteiger partial charge in [0.25, 0.3) is 0 Å². The van der Waals surface area contributed by atoms with Crippen LogP contribution in [0.25, 0.3) is 5.57 Å². The molecule has 11 heteroatoms. The summed E-state index contributed by atoms with van der Waals surface area (Å²) < 4.78 is 52.3. The second-order valence-corrected chi connectivity index (χ2v) is 9.42. The van der Waals surface area contributed by atoms with Crippen molar-refractivity contribution in [3.05, 3.63) is 74.8 Å². The Morgan fingerprint density at radius 2 is 1.86 bits per heavy atom. The fourth-order valence-corrected chi connectivity index (χ4v) is 4.54. The van der Waals surface area contributed by atoms with Crippen molar-refractivity contribution in [3.63, 3.8) is 0 Å². The zero-order valence-electron chi connectivity index (χ0n) is 20.5. The molecule has 0 aliphatic heterocycles. The molecule has 1 amide bonds. The normalized spacial score (nSPS) is 16.9. The predicted molar refractivity (Wildman–Crippen MR) is 137 cm³/mol. The minimum absolute atomic E-state index is 0.0651. The number of carbonyl (C=O) groups is 1. The quantitative estimate of drug-likeness (QED) is 0.156. The Bertz CT molecular complexity index is 1160. The van der Waals surface area contributed by atoms with Crippen LogP contribution in [0.1, 0.15) is 48.1 Å². The Morgan fingerprint density at radius 1 is 1.16 bits per heavy atom. The molecule has 2 atom stereocenters. The van der Waals surface area contributed by atoms with Crippen molar-refractivity contribution in [3.8, 4) is 0 Å². The molecule has 0 saturated heterocycles. The number of alkyl halides is 3. The number of allylic oxidation sites excluding steroid dienone is 2. The van der Waals surface area contributed by atoms with Gasteiger partial charge in [-0.3, -0.25) is 4.79 Å². The van der Waals surface area contributed by atoms with E-state index in [1.165, 1.54) is 25.3 Å². The lowest BCUT2D eigenvalue weighted by atomic mass is 9.98. The van der Waals surface area contributed by atoms with Crippen molar-refractivity contribution in [2.75, 3.05) is 21.0 Å². The fourth-order valence-electron chi connectivity index (χ4n) is 4.01. The number of oxime groups is 1. The number of amides is 1. The van der Waals surface area contributed by atoms with E-state index < -0.39 is 11.7 Å². The van der Waals surface area contributed by atoms with Gasteiger partial charge >= 0.3 is 6.18 Å². The van der Waals surface area contributed by atoms with E-state index in [1.807, 2.05) is 0 Å². The van der Waals surface area contributed by atoms with Crippen LogP contribution in [-0.4, -0.2) is 44.9 Å². The Balaban J connectivity index is 1.98. The highest BCUT2D eigenvalue weighted by atomic mass is 35.5. The average molecular weight is 559 g/mol. The number of aryl methyl sites for hydroxylation is 1. The van der Waals surface area contributed by atoms with Gasteiger partial charge in [0.1, 0.15) is 5.71 Å². The molecule has 2 aromatic carbocycles. The summed E-state index contributed by atoms with van der Waals surface area (Å²) in [6.45, 7) is 1.56. The summed E-state index contributed by atoms with van der Waals surface area (Å²) in [5.41, 5.74) is 0.943. The Labute approximate surface area is 223 Å². The molecule has 200 valence electrons. The van der Waals surface area contributed by atoms with Gasteiger partial charge in [0, 0.05) is 29.8 Å². The number of fused-ring (bicyclic) bond motifs is 1. The van der Waals surface area contributed by atoms with E-state index in [2.05, 4.69) is 10.5 Å². The molecular weight excluding hydrogens is 532 g/mol. The van der Waals surface area contributed by atoms with E-state index in [1.54, 1.807) is 32.2 Å². The highest BCUT2D eigenvalue weighted by Crippen LogP contribution is 2.37. The second-order valence-electron chi connectivity index (χ2n) is 8.55. The SMILES string of the molecule is COCO/N=C(\C=C(\c1cc(Cl)cc(Cl)c1)C(F)(F)F)c1ccc2c(c1)CCC2NC(=O)CC(C)OC. The highest BCUT2D eigenvalue weighted by molar-refractivity contribution is 6.35. The molecule has 6 nitrogen and oxygen atoms in total. The molecule has 0 radical (unpaired) electrons. The summed E-state index contributed by atoms with van der Waals surface area (Å²) in [5.74, 6) is -0.135. The molecule has 1 N–H and O–H groups in total. The van der Waals surface area contributed by atoms with Crippen molar-refractivity contribution in [1.82, 2.24) is 5.32 Å². The number of halogens is 5. The lowest BCUT2D eigenvalue weighted by Crippen LogP contribution is -2.30. The summed E-state index contributed by atoms with van der Waals surface area (Å²) in [5, 5.41) is 7.04. The van der Waals surface area contributed by atoms with Crippen molar-refractivity contribution >= 4 is 40.4 Å². The highest BCUT2D eigenvalue weighted by Gasteiger charge is 2.36. The molecule has 0 spiro atoms. The number of methoxy groups -OCH3 is 2. The van der Waals surface area contributed by atoms with Crippen molar-refractivity contribution in [1.29, 1.82) is 0 Å². The number of nitrogens with one attached hydrogen (secondary N) is 1. The largest absolute Gasteiger partial charge is 0.417 e. The first kappa shape index (κ1) is 29.0. The summed E-state index contributed by atoms with van der Waals surface area (Å²) in [7, 11) is 2.91. The van der Waals surface area contributed by atoms with Gasteiger partial charge in [0.05, 0.1) is 24.1 Å². The standard InChI is InChI=1S/C26H27Cl2F3N2O4/c1-15(36-3)8-25(34)32-23-7-5-16-9-17(4-6-21(16)23)24(33-37-14-35-2)13-22(26(29,30)31)18-10-19(27)12-20(28)11-18/h4,6,9-13,15,23H,5,7-8,14H2,1-3H3,(H,32,34)/b22-13-,33-24+. The maximum atomic E-state index is 14.1. The van der Waals surface area contributed by atoms with Gasteiger partial charge in [0.15, 0.2) is 0 Å². The number of ether oxygens (including phenoxy) is 2. The van der Waals surface area contributed by atoms with Gasteiger partial charge in [-0.05, 0) is 66.8 Å². The topological polar surface area (TPSA) is 69.2 Å². The summed E-state index contributed by atoms with van der Waals surface area (Å²) in [6.07, 6.45) is -2.52. The number of carbonyl (C=O) groups excluding carboxylic acids is 1. The van der Waals surface area contributed by atoms with E-state index in [-0.39, 0.29) is 52.6 Å². The van der Waals surface area contributed by atoms with Gasteiger partial charge in [-0.2, -0.15) is 13.2 Å². The minimum Gasteiger partial charge on any atom is -0.381 e. The maximum absolute atomic E-state index is 14.1. The van der Waals surface area contributed by atoms with Crippen molar-refractivity contribution < 1.29 is 32.3 Å². The third kappa shape index (κ3) is 7.95. The van der Waals surface area contributed by atoms with Gasteiger partial charge in [-0.25, -0.2) is 0 Å². The third-order valence-corrected chi connectivity index (χ3v) is 6.26. The molecule has 2 unspecified atom stereocenters. The first-order chi connectivity index (χ1) is 17.5. The molecule has 2 aromatic rings. The molecule has 0 fully saturated rings. The lowest BCUT2D eigenvalue weighted by Gasteiger charge is -2.17. The fraction of sp³-hybridized carbons (Fsp3) is 0.385. The number of hydrogen-bond donors (Lipinski definition) is 1. The van der Waals surface area contributed by atoms with Crippen LogP contribution in [0.2, 0.25) is 10.0 Å². The number of benzene rings is 2. The smallest absolute Gasteiger partial charge is 0.381 e. The molecule has 3 rings (SSSR count). The zero-order chi connectivity index (χ0) is 27.2. The van der Waals surface area contributed by atoms with E-state index >= 15 is 0 Å². The van der Waals surface area contributed by atoms with Crippen LogP contribution in [0.3, 0.4) is 0 Å². The summed E-state index contributed by atoms with van der Waals surface area (Å²) >= 11 is 11.9. The average Bonchev–Trinajstić information content (AvgIpc) is 3.21. The van der Waals surface area contributed by atoms with Crippen LogP contribution in [0, 0.1) is 0 Å². The molecule has 0 aromatic heterocycles. The summed E-state index contributed by atoms with van der Waals surface area (Å²) in [4.78, 5) is 17.4. The Hall–Kier alpha value is -2.59. The lowest BCUT2D eigenvalue weighted by molar-refractivity contribution is -0.124. The van der Waals surface area contributed by atoms with E-state index in [0.717, 1.165) is 17.2 Å². The van der Waals surface area contributed by atoms with Crippen LogP contribution in [0.15, 0.2) is 47.6 Å². The molecule has 0 bridgehead atoms. The molecule has 0 saturated carbocycles. The first-order valence-corrected chi connectivity index (χ1v) is 12.2.